The third kappa shape index (κ3) is 5.41. The summed E-state index contributed by atoms with van der Waals surface area (Å²) in [4.78, 5) is 0. The van der Waals surface area contributed by atoms with Crippen LogP contribution in [0.5, 0.6) is 0 Å². The van der Waals surface area contributed by atoms with Crippen molar-refractivity contribution in [3.63, 3.8) is 0 Å². The van der Waals surface area contributed by atoms with Gasteiger partial charge in [-0.15, -0.1) is 0 Å². The molecule has 0 spiro atoms. The number of benzene rings is 2. The average molecular weight is 512 g/mol. The lowest BCUT2D eigenvalue weighted by molar-refractivity contribution is -0.335. The van der Waals surface area contributed by atoms with Crippen LogP contribution in [-0.2, 0) is 18.9 Å². The zero-order valence-electron chi connectivity index (χ0n) is 19.4. The van der Waals surface area contributed by atoms with Crippen molar-refractivity contribution in [3.05, 3.63) is 48.0 Å². The molecule has 0 aromatic heterocycles. The number of hydrogen-bond donors (Lipinski definition) is 8. The molecule has 0 bridgehead atoms. The number of hydrogen-bond acceptors (Lipinski definition) is 12. The first kappa shape index (κ1) is 27.3. The van der Waals surface area contributed by atoms with Gasteiger partial charge in [-0.25, -0.2) is 0 Å². The van der Waals surface area contributed by atoms with Gasteiger partial charge in [0, 0.05) is 6.54 Å². The van der Waals surface area contributed by atoms with E-state index in [0.717, 1.165) is 16.3 Å². The highest BCUT2D eigenvalue weighted by Crippen LogP contribution is 2.31. The molecule has 2 aliphatic heterocycles. The molecule has 1 unspecified atom stereocenters. The van der Waals surface area contributed by atoms with Gasteiger partial charge in [0.05, 0.1) is 19.3 Å². The number of aliphatic hydroxyl groups excluding tert-OH is 7. The van der Waals surface area contributed by atoms with Crippen molar-refractivity contribution in [1.82, 2.24) is 0 Å². The Hall–Kier alpha value is -1.78. The molecule has 2 saturated heterocycles. The number of nitrogens with two attached hydrogens (primary N) is 1. The maximum Gasteiger partial charge on any atom is 0.187 e. The summed E-state index contributed by atoms with van der Waals surface area (Å²) in [6, 6.07) is 13.2. The fraction of sp³-hybridized carbons (Fsp3) is 0.583. The minimum absolute atomic E-state index is 0.0330. The Morgan fingerprint density at radius 1 is 0.750 bits per heavy atom. The van der Waals surface area contributed by atoms with Gasteiger partial charge < -0.3 is 60.4 Å². The maximum atomic E-state index is 10.5. The first-order valence-electron chi connectivity index (χ1n) is 11.7. The van der Waals surface area contributed by atoms with Gasteiger partial charge in [0.25, 0.3) is 0 Å². The molecule has 2 heterocycles. The van der Waals surface area contributed by atoms with E-state index < -0.39 is 80.7 Å². The zero-order chi connectivity index (χ0) is 26.0. The van der Waals surface area contributed by atoms with Gasteiger partial charge in [-0.2, -0.15) is 0 Å². The number of aliphatic hydroxyl groups is 7. The van der Waals surface area contributed by atoms with E-state index in [1.54, 1.807) is 0 Å². The maximum absolute atomic E-state index is 10.5. The Bertz CT molecular complexity index is 988. The highest BCUT2D eigenvalue weighted by Gasteiger charge is 2.48. The summed E-state index contributed by atoms with van der Waals surface area (Å²) in [7, 11) is 0. The van der Waals surface area contributed by atoms with Crippen LogP contribution in [0.25, 0.3) is 10.8 Å². The number of ether oxygens (including phenoxy) is 4. The zero-order valence-corrected chi connectivity index (χ0v) is 19.4. The minimum Gasteiger partial charge on any atom is -0.394 e. The average Bonchev–Trinajstić information content (AvgIpc) is 2.90. The number of rotatable bonds is 8. The van der Waals surface area contributed by atoms with Crippen LogP contribution in [0.4, 0.5) is 0 Å². The van der Waals surface area contributed by atoms with Crippen LogP contribution >= 0.6 is 0 Å². The van der Waals surface area contributed by atoms with Gasteiger partial charge >= 0.3 is 0 Å². The molecule has 12 nitrogen and oxygen atoms in total. The monoisotopic (exact) mass is 511 g/mol. The Morgan fingerprint density at radius 3 is 2.06 bits per heavy atom. The standard InChI is InChI=1S/C24H33NO11/c25-8-14(13-7-3-5-11-4-1-2-6-12(11)13)34-24-22(32)20(30)18(28)16(36-24)10-33-23-21(31)19(29)17(27)15(9-26)35-23/h1-7,14-24,26-32H,8-10,25H2/t14?,15-,16-,17-,18-,19+,20+,21-,22-,23-,24-/m1/s1. The van der Waals surface area contributed by atoms with Crippen LogP contribution in [0.2, 0.25) is 0 Å². The van der Waals surface area contributed by atoms with Gasteiger partial charge in [-0.1, -0.05) is 42.5 Å². The third-order valence-corrected chi connectivity index (χ3v) is 6.62. The van der Waals surface area contributed by atoms with Gasteiger partial charge in [0.15, 0.2) is 12.6 Å². The van der Waals surface area contributed by atoms with Gasteiger partial charge in [-0.05, 0) is 16.3 Å². The lowest BCUT2D eigenvalue weighted by Crippen LogP contribution is -2.61. The molecule has 12 heteroatoms. The molecular formula is C24H33NO11. The topological polar surface area (TPSA) is 205 Å². The molecule has 4 rings (SSSR count). The second-order valence-corrected chi connectivity index (χ2v) is 8.97. The van der Waals surface area contributed by atoms with Gasteiger partial charge in [0.2, 0.25) is 0 Å². The molecule has 11 atom stereocenters. The predicted octanol–water partition coefficient (Wildman–Crippen LogP) is -2.52. The summed E-state index contributed by atoms with van der Waals surface area (Å²) in [5.41, 5.74) is 6.72. The van der Waals surface area contributed by atoms with Crippen molar-refractivity contribution < 1.29 is 54.7 Å². The fourth-order valence-electron chi connectivity index (χ4n) is 4.51. The summed E-state index contributed by atoms with van der Waals surface area (Å²) in [5, 5.41) is 72.5. The van der Waals surface area contributed by atoms with E-state index >= 15 is 0 Å². The van der Waals surface area contributed by atoms with Crippen molar-refractivity contribution in [3.8, 4) is 0 Å². The molecule has 2 aromatic carbocycles. The molecule has 200 valence electrons. The van der Waals surface area contributed by atoms with Crippen molar-refractivity contribution in [2.75, 3.05) is 19.8 Å². The van der Waals surface area contributed by atoms with Crippen molar-refractivity contribution in [2.45, 2.75) is 67.5 Å². The smallest absolute Gasteiger partial charge is 0.187 e. The van der Waals surface area contributed by atoms with Crippen LogP contribution in [-0.4, -0.2) is 117 Å². The summed E-state index contributed by atoms with van der Waals surface area (Å²) >= 11 is 0. The molecule has 0 radical (unpaired) electrons. The Morgan fingerprint density at radius 2 is 1.36 bits per heavy atom. The van der Waals surface area contributed by atoms with Gasteiger partial charge in [-0.3, -0.25) is 0 Å². The van der Waals surface area contributed by atoms with Crippen LogP contribution in [0, 0.1) is 0 Å². The summed E-state index contributed by atoms with van der Waals surface area (Å²) in [6.45, 7) is -1.05. The quantitative estimate of drug-likeness (QED) is 0.185. The molecule has 0 aliphatic carbocycles. The van der Waals surface area contributed by atoms with E-state index in [2.05, 4.69) is 0 Å². The van der Waals surface area contributed by atoms with Gasteiger partial charge in [0.1, 0.15) is 48.8 Å². The van der Waals surface area contributed by atoms with E-state index in [0.29, 0.717) is 0 Å². The SMILES string of the molecule is NCC(O[C@@H]1O[C@H](CO[C@@H]2O[C@H](CO)[C@@H](O)[C@H](O)[C@H]2O)[C@@H](O)[C@H](O)[C@H]1O)c1cccc2ccccc12. The Balaban J connectivity index is 1.46. The van der Waals surface area contributed by atoms with E-state index in [1.165, 1.54) is 0 Å². The Labute approximate surface area is 207 Å². The minimum atomic E-state index is -1.65. The number of fused-ring (bicyclic) bond motifs is 1. The largest absolute Gasteiger partial charge is 0.394 e. The molecule has 2 fully saturated rings. The van der Waals surface area contributed by atoms with Crippen LogP contribution in [0.3, 0.4) is 0 Å². The molecule has 2 aromatic rings. The summed E-state index contributed by atoms with van der Waals surface area (Å²) in [5.74, 6) is 0. The lowest BCUT2D eigenvalue weighted by atomic mass is 9.97. The highest BCUT2D eigenvalue weighted by molar-refractivity contribution is 5.86. The first-order valence-corrected chi connectivity index (χ1v) is 11.7. The summed E-state index contributed by atoms with van der Waals surface area (Å²) in [6.07, 6.45) is -15.7. The Kier molecular flexibility index (Phi) is 8.88. The third-order valence-electron chi connectivity index (χ3n) is 6.62. The van der Waals surface area contributed by atoms with Crippen molar-refractivity contribution in [1.29, 1.82) is 0 Å². The van der Waals surface area contributed by atoms with E-state index in [9.17, 15) is 35.7 Å². The predicted molar refractivity (Wildman–Crippen MR) is 123 cm³/mol. The second-order valence-electron chi connectivity index (χ2n) is 8.97. The molecule has 36 heavy (non-hydrogen) atoms. The van der Waals surface area contributed by atoms with Crippen LogP contribution in [0.1, 0.15) is 11.7 Å². The first-order chi connectivity index (χ1) is 17.3. The second kappa shape index (κ2) is 11.7. The normalized spacial score (nSPS) is 38.2. The highest BCUT2D eigenvalue weighted by atomic mass is 16.7. The summed E-state index contributed by atoms with van der Waals surface area (Å²) < 4.78 is 22.4. The van der Waals surface area contributed by atoms with Crippen LogP contribution in [0.15, 0.2) is 42.5 Å². The van der Waals surface area contributed by atoms with Crippen molar-refractivity contribution in [2.24, 2.45) is 5.73 Å². The molecular weight excluding hydrogens is 478 g/mol. The lowest BCUT2D eigenvalue weighted by Gasteiger charge is -2.43. The molecule has 2 aliphatic rings. The van der Waals surface area contributed by atoms with Crippen molar-refractivity contribution >= 4 is 10.8 Å². The fourth-order valence-corrected chi connectivity index (χ4v) is 4.51. The molecule has 0 saturated carbocycles. The van der Waals surface area contributed by atoms with Crippen LogP contribution < -0.4 is 5.73 Å². The molecule has 9 N–H and O–H groups in total. The molecule has 0 amide bonds. The van der Waals surface area contributed by atoms with E-state index in [-0.39, 0.29) is 6.54 Å². The van der Waals surface area contributed by atoms with E-state index in [1.807, 2.05) is 42.5 Å². The van der Waals surface area contributed by atoms with E-state index in [4.69, 9.17) is 24.7 Å².